The van der Waals surface area contributed by atoms with E-state index in [2.05, 4.69) is 11.9 Å². The molecule has 2 heterocycles. The monoisotopic (exact) mass is 251 g/mol. The van der Waals surface area contributed by atoms with Crippen LogP contribution in [0.25, 0.3) is 5.65 Å². The molecule has 92 valence electrons. The van der Waals surface area contributed by atoms with Crippen molar-refractivity contribution in [3.8, 4) is 0 Å². The van der Waals surface area contributed by atoms with Crippen LogP contribution in [0.5, 0.6) is 0 Å². The fourth-order valence-corrected chi connectivity index (χ4v) is 2.15. The number of hydrogen-bond donors (Lipinski definition) is 1. The van der Waals surface area contributed by atoms with Gasteiger partial charge in [0, 0.05) is 6.20 Å². The van der Waals surface area contributed by atoms with Gasteiger partial charge < -0.3 is 5.73 Å². The van der Waals surface area contributed by atoms with E-state index < -0.39 is 0 Å². The zero-order valence-electron chi connectivity index (χ0n) is 10.1. The van der Waals surface area contributed by atoms with Gasteiger partial charge in [0.1, 0.15) is 11.5 Å². The molecule has 2 N–H and O–H groups in total. The normalized spacial score (nSPS) is 11.2. The Kier molecular flexibility index (Phi) is 3.89. The van der Waals surface area contributed by atoms with Crippen molar-refractivity contribution in [3.05, 3.63) is 29.0 Å². The second-order valence-corrected chi connectivity index (χ2v) is 4.77. The molecule has 17 heavy (non-hydrogen) atoms. The van der Waals surface area contributed by atoms with Crippen molar-refractivity contribution in [2.75, 3.05) is 5.73 Å². The largest absolute Gasteiger partial charge is 0.383 e. The zero-order valence-corrected chi connectivity index (χ0v) is 10.9. The summed E-state index contributed by atoms with van der Waals surface area (Å²) in [7, 11) is 0. The Morgan fingerprint density at radius 1 is 1.29 bits per heavy atom. The molecule has 0 spiro atoms. The van der Waals surface area contributed by atoms with Gasteiger partial charge in [-0.15, -0.1) is 0 Å². The van der Waals surface area contributed by atoms with Crippen LogP contribution in [-0.2, 0) is 6.42 Å². The van der Waals surface area contributed by atoms with Gasteiger partial charge in [-0.2, -0.15) is 0 Å². The molecule has 0 fully saturated rings. The molecule has 0 radical (unpaired) electrons. The van der Waals surface area contributed by atoms with Gasteiger partial charge in [0.2, 0.25) is 0 Å². The van der Waals surface area contributed by atoms with Crippen LogP contribution in [-0.4, -0.2) is 9.38 Å². The van der Waals surface area contributed by atoms with Gasteiger partial charge >= 0.3 is 0 Å². The van der Waals surface area contributed by atoms with Crippen LogP contribution < -0.4 is 5.73 Å². The second-order valence-electron chi connectivity index (χ2n) is 4.33. The third-order valence-corrected chi connectivity index (χ3v) is 3.19. The number of hydrogen-bond acceptors (Lipinski definition) is 2. The standard InChI is InChI=1S/C13H18ClN3/c1-2-3-4-5-6-11-13(15)17-9-10(14)7-8-12(17)16-11/h7-9H,2-6,15H2,1H3. The lowest BCUT2D eigenvalue weighted by molar-refractivity contribution is 0.663. The average Bonchev–Trinajstić information content (AvgIpc) is 2.62. The van der Waals surface area contributed by atoms with E-state index in [9.17, 15) is 0 Å². The van der Waals surface area contributed by atoms with Gasteiger partial charge in [-0.25, -0.2) is 4.98 Å². The highest BCUT2D eigenvalue weighted by molar-refractivity contribution is 6.30. The number of aromatic nitrogens is 2. The first kappa shape index (κ1) is 12.2. The number of imidazole rings is 1. The van der Waals surface area contributed by atoms with Gasteiger partial charge in [-0.1, -0.05) is 37.8 Å². The van der Waals surface area contributed by atoms with Crippen molar-refractivity contribution in [2.45, 2.75) is 39.0 Å². The summed E-state index contributed by atoms with van der Waals surface area (Å²) in [5, 5.41) is 0.680. The Hall–Kier alpha value is -1.22. The molecule has 0 atom stereocenters. The number of rotatable bonds is 5. The molecule has 0 saturated heterocycles. The number of nitrogens with zero attached hydrogens (tertiary/aromatic N) is 2. The maximum absolute atomic E-state index is 6.06. The smallest absolute Gasteiger partial charge is 0.138 e. The fourth-order valence-electron chi connectivity index (χ4n) is 1.99. The SMILES string of the molecule is CCCCCCc1nc2ccc(Cl)cn2c1N. The molecule has 2 rings (SSSR count). The summed E-state index contributed by atoms with van der Waals surface area (Å²) in [4.78, 5) is 4.53. The minimum atomic E-state index is 0.680. The van der Waals surface area contributed by atoms with Crippen molar-refractivity contribution < 1.29 is 0 Å². The summed E-state index contributed by atoms with van der Waals surface area (Å²) in [5.41, 5.74) is 7.93. The molecule has 0 amide bonds. The van der Waals surface area contributed by atoms with E-state index in [-0.39, 0.29) is 0 Å². The molecule has 0 aromatic carbocycles. The first-order chi connectivity index (χ1) is 8.22. The lowest BCUT2D eigenvalue weighted by Crippen LogP contribution is -1.96. The molecule has 0 aliphatic rings. The first-order valence-corrected chi connectivity index (χ1v) is 6.52. The lowest BCUT2D eigenvalue weighted by Gasteiger charge is -1.99. The predicted octanol–water partition coefficient (Wildman–Crippen LogP) is 3.69. The highest BCUT2D eigenvalue weighted by Gasteiger charge is 2.08. The lowest BCUT2D eigenvalue weighted by atomic mass is 10.1. The van der Waals surface area contributed by atoms with E-state index >= 15 is 0 Å². The quantitative estimate of drug-likeness (QED) is 0.824. The first-order valence-electron chi connectivity index (χ1n) is 6.14. The van der Waals surface area contributed by atoms with Crippen molar-refractivity contribution in [1.29, 1.82) is 0 Å². The van der Waals surface area contributed by atoms with Crippen molar-refractivity contribution in [3.63, 3.8) is 0 Å². The Morgan fingerprint density at radius 2 is 2.12 bits per heavy atom. The van der Waals surface area contributed by atoms with Gasteiger partial charge in [0.05, 0.1) is 10.7 Å². The number of nitrogen functional groups attached to an aromatic ring is 1. The van der Waals surface area contributed by atoms with E-state index in [4.69, 9.17) is 17.3 Å². The predicted molar refractivity (Wildman–Crippen MR) is 72.5 cm³/mol. The van der Waals surface area contributed by atoms with Crippen molar-refractivity contribution >= 4 is 23.1 Å². The van der Waals surface area contributed by atoms with E-state index in [0.717, 1.165) is 30.0 Å². The van der Waals surface area contributed by atoms with Crippen molar-refractivity contribution in [2.24, 2.45) is 0 Å². The molecular formula is C13H18ClN3. The number of pyridine rings is 1. The molecule has 2 aromatic rings. The van der Waals surface area contributed by atoms with Gasteiger partial charge in [0.15, 0.2) is 0 Å². The van der Waals surface area contributed by atoms with Crippen LogP contribution in [0.4, 0.5) is 5.82 Å². The molecular weight excluding hydrogens is 234 g/mol. The Morgan fingerprint density at radius 3 is 2.88 bits per heavy atom. The maximum Gasteiger partial charge on any atom is 0.138 e. The molecule has 0 unspecified atom stereocenters. The summed E-state index contributed by atoms with van der Waals surface area (Å²) in [6.07, 6.45) is 7.68. The number of halogens is 1. The van der Waals surface area contributed by atoms with E-state index in [1.54, 1.807) is 0 Å². The molecule has 4 heteroatoms. The van der Waals surface area contributed by atoms with E-state index in [1.807, 2.05) is 22.7 Å². The Balaban J connectivity index is 2.15. The van der Waals surface area contributed by atoms with Crippen LogP contribution >= 0.6 is 11.6 Å². The Labute approximate surface area is 107 Å². The number of aryl methyl sites for hydroxylation is 1. The summed E-state index contributed by atoms with van der Waals surface area (Å²) in [6.45, 7) is 2.21. The van der Waals surface area contributed by atoms with Gasteiger partial charge in [0.25, 0.3) is 0 Å². The minimum absolute atomic E-state index is 0.680. The number of fused-ring (bicyclic) bond motifs is 1. The average molecular weight is 252 g/mol. The third-order valence-electron chi connectivity index (χ3n) is 2.96. The second kappa shape index (κ2) is 5.41. The molecule has 2 aromatic heterocycles. The fraction of sp³-hybridized carbons (Fsp3) is 0.462. The topological polar surface area (TPSA) is 43.3 Å². The number of unbranched alkanes of at least 4 members (excludes halogenated alkanes) is 3. The molecule has 3 nitrogen and oxygen atoms in total. The van der Waals surface area contributed by atoms with Crippen molar-refractivity contribution in [1.82, 2.24) is 9.38 Å². The van der Waals surface area contributed by atoms with Crippen LogP contribution in [0.1, 0.15) is 38.3 Å². The van der Waals surface area contributed by atoms with E-state index in [0.29, 0.717) is 5.02 Å². The molecule has 0 aliphatic heterocycles. The summed E-state index contributed by atoms with van der Waals surface area (Å²) >= 11 is 5.94. The Bertz CT molecular complexity index is 505. The van der Waals surface area contributed by atoms with Crippen LogP contribution in [0.3, 0.4) is 0 Å². The molecule has 0 bridgehead atoms. The van der Waals surface area contributed by atoms with Crippen LogP contribution in [0, 0.1) is 0 Å². The minimum Gasteiger partial charge on any atom is -0.383 e. The highest BCUT2D eigenvalue weighted by atomic mass is 35.5. The third kappa shape index (κ3) is 2.72. The van der Waals surface area contributed by atoms with Crippen LogP contribution in [0.15, 0.2) is 18.3 Å². The zero-order chi connectivity index (χ0) is 12.3. The highest BCUT2D eigenvalue weighted by Crippen LogP contribution is 2.20. The number of anilines is 1. The summed E-state index contributed by atoms with van der Waals surface area (Å²) in [6, 6.07) is 3.73. The number of nitrogens with two attached hydrogens (primary N) is 1. The summed E-state index contributed by atoms with van der Waals surface area (Å²) < 4.78 is 1.86. The van der Waals surface area contributed by atoms with Gasteiger partial charge in [-0.3, -0.25) is 4.40 Å². The summed E-state index contributed by atoms with van der Waals surface area (Å²) in [5.74, 6) is 0.721. The van der Waals surface area contributed by atoms with Crippen LogP contribution in [0.2, 0.25) is 5.02 Å². The molecule has 0 saturated carbocycles. The molecule has 0 aliphatic carbocycles. The van der Waals surface area contributed by atoms with Gasteiger partial charge in [-0.05, 0) is 25.0 Å². The van der Waals surface area contributed by atoms with E-state index in [1.165, 1.54) is 19.3 Å². The maximum atomic E-state index is 6.06.